The number of carboxylic acids is 1. The minimum absolute atomic E-state index is 0.236. The van der Waals surface area contributed by atoms with Crippen molar-refractivity contribution in [2.75, 3.05) is 18.0 Å². The van der Waals surface area contributed by atoms with Crippen LogP contribution in [0, 0.1) is 11.8 Å². The van der Waals surface area contributed by atoms with Crippen molar-refractivity contribution in [1.29, 1.82) is 0 Å². The number of ether oxygens (including phenoxy) is 1. The van der Waals surface area contributed by atoms with E-state index in [1.807, 2.05) is 4.90 Å². The van der Waals surface area contributed by atoms with Gasteiger partial charge >= 0.3 is 18.4 Å². The maximum Gasteiger partial charge on any atom is 0.573 e. The molecule has 12 heteroatoms. The van der Waals surface area contributed by atoms with Gasteiger partial charge in [-0.15, -0.1) is 13.2 Å². The van der Waals surface area contributed by atoms with Gasteiger partial charge in [0, 0.05) is 24.3 Å². The molecule has 42 heavy (non-hydrogen) atoms. The summed E-state index contributed by atoms with van der Waals surface area (Å²) >= 11 is 0. The van der Waals surface area contributed by atoms with Crippen LogP contribution in [0.2, 0.25) is 0 Å². The zero-order chi connectivity index (χ0) is 30.7. The molecule has 2 aromatic rings. The van der Waals surface area contributed by atoms with Crippen LogP contribution in [-0.4, -0.2) is 64.1 Å². The summed E-state index contributed by atoms with van der Waals surface area (Å²) in [5.41, 5.74) is 1.22. The van der Waals surface area contributed by atoms with E-state index in [-0.39, 0.29) is 29.4 Å². The minimum Gasteiger partial charge on any atom is -0.479 e. The first-order chi connectivity index (χ1) is 19.8. The number of nitrogens with zero attached hydrogens (tertiary/aromatic N) is 2. The molecular formula is C30H36F3N3O6. The molecule has 1 aliphatic heterocycles. The lowest BCUT2D eigenvalue weighted by Gasteiger charge is -2.43. The number of carbonyl (C=O) groups is 3. The number of unbranched alkanes of at least 4 members (excludes halogenated alkanes) is 1. The first-order valence-corrected chi connectivity index (χ1v) is 14.1. The second-order valence-electron chi connectivity index (χ2n) is 11.1. The molecule has 2 fully saturated rings. The third-order valence-corrected chi connectivity index (χ3v) is 8.25. The number of hydrogen-bond donors (Lipinski definition) is 3. The van der Waals surface area contributed by atoms with Crippen LogP contribution in [0.25, 0.3) is 0 Å². The van der Waals surface area contributed by atoms with Gasteiger partial charge in [-0.05, 0) is 66.6 Å². The SMILES string of the molecule is CCCCC(C)C1CC12CCN(c1ccc(OC(F)(F)F)cc1)C(=O)N2Cc1ccc(C(=O)NCC(O)C(=O)O)cc1. The van der Waals surface area contributed by atoms with Crippen molar-refractivity contribution in [3.8, 4) is 5.75 Å². The Hall–Kier alpha value is -3.80. The molecule has 0 aromatic heterocycles. The van der Waals surface area contributed by atoms with Crippen LogP contribution in [0.3, 0.4) is 0 Å². The molecule has 9 nitrogen and oxygen atoms in total. The number of hydrogen-bond acceptors (Lipinski definition) is 5. The Morgan fingerprint density at radius 3 is 2.40 bits per heavy atom. The van der Waals surface area contributed by atoms with Gasteiger partial charge < -0.3 is 25.2 Å². The van der Waals surface area contributed by atoms with Crippen molar-refractivity contribution >= 4 is 23.6 Å². The number of benzene rings is 2. The smallest absolute Gasteiger partial charge is 0.479 e. The van der Waals surface area contributed by atoms with E-state index >= 15 is 0 Å². The molecule has 1 saturated carbocycles. The quantitative estimate of drug-likeness (QED) is 0.313. The lowest BCUT2D eigenvalue weighted by atomic mass is 9.92. The van der Waals surface area contributed by atoms with E-state index in [2.05, 4.69) is 23.9 Å². The number of carboxylic acid groups (broad SMARTS) is 1. The normalized spacial score (nSPS) is 21.7. The Bertz CT molecular complexity index is 1270. The lowest BCUT2D eigenvalue weighted by Crippen LogP contribution is -2.56. The number of alkyl halides is 3. The maximum atomic E-state index is 14.0. The predicted octanol–water partition coefficient (Wildman–Crippen LogP) is 5.18. The fourth-order valence-corrected chi connectivity index (χ4v) is 5.87. The first-order valence-electron chi connectivity index (χ1n) is 14.1. The predicted molar refractivity (Wildman–Crippen MR) is 148 cm³/mol. The molecule has 4 unspecified atom stereocenters. The molecule has 4 atom stereocenters. The van der Waals surface area contributed by atoms with E-state index < -0.39 is 30.9 Å². The molecule has 1 aliphatic carbocycles. The Labute approximate surface area is 242 Å². The molecule has 0 bridgehead atoms. The fraction of sp³-hybridized carbons (Fsp3) is 0.500. The van der Waals surface area contributed by atoms with Gasteiger partial charge in [0.15, 0.2) is 6.10 Å². The molecule has 3 N–H and O–H groups in total. The van der Waals surface area contributed by atoms with Gasteiger partial charge in [-0.3, -0.25) is 9.69 Å². The molecular weight excluding hydrogens is 555 g/mol. The van der Waals surface area contributed by atoms with Crippen molar-refractivity contribution in [2.45, 2.75) is 70.5 Å². The number of halogens is 3. The third kappa shape index (κ3) is 7.15. The Balaban J connectivity index is 1.52. The van der Waals surface area contributed by atoms with Gasteiger partial charge in [-0.25, -0.2) is 9.59 Å². The van der Waals surface area contributed by atoms with Crippen LogP contribution in [0.5, 0.6) is 5.75 Å². The molecule has 1 spiro atoms. The second-order valence-corrected chi connectivity index (χ2v) is 11.1. The Morgan fingerprint density at radius 1 is 1.14 bits per heavy atom. The average molecular weight is 592 g/mol. The zero-order valence-corrected chi connectivity index (χ0v) is 23.6. The van der Waals surface area contributed by atoms with E-state index in [0.29, 0.717) is 30.5 Å². The van der Waals surface area contributed by atoms with Crippen LogP contribution in [0.15, 0.2) is 48.5 Å². The van der Waals surface area contributed by atoms with E-state index in [0.717, 1.165) is 31.2 Å². The maximum absolute atomic E-state index is 14.0. The van der Waals surface area contributed by atoms with E-state index in [1.165, 1.54) is 24.3 Å². The van der Waals surface area contributed by atoms with Crippen molar-refractivity contribution < 1.29 is 42.5 Å². The fourth-order valence-electron chi connectivity index (χ4n) is 5.87. The highest BCUT2D eigenvalue weighted by molar-refractivity contribution is 5.95. The molecule has 2 aliphatic rings. The van der Waals surface area contributed by atoms with Crippen molar-refractivity contribution in [2.24, 2.45) is 11.8 Å². The molecule has 228 valence electrons. The van der Waals surface area contributed by atoms with Crippen LogP contribution in [0.4, 0.5) is 23.7 Å². The number of aliphatic hydroxyl groups excluding tert-OH is 1. The summed E-state index contributed by atoms with van der Waals surface area (Å²) in [7, 11) is 0. The largest absolute Gasteiger partial charge is 0.573 e. The molecule has 4 rings (SSSR count). The van der Waals surface area contributed by atoms with Gasteiger partial charge in [0.25, 0.3) is 5.91 Å². The Morgan fingerprint density at radius 2 is 1.81 bits per heavy atom. The van der Waals surface area contributed by atoms with Crippen LogP contribution >= 0.6 is 0 Å². The number of aliphatic hydroxyl groups is 1. The molecule has 3 amide bonds. The average Bonchev–Trinajstić information content (AvgIpc) is 3.67. The van der Waals surface area contributed by atoms with Crippen molar-refractivity contribution in [3.63, 3.8) is 0 Å². The number of aliphatic carboxylic acids is 1. The van der Waals surface area contributed by atoms with Gasteiger partial charge in [-0.1, -0.05) is 45.2 Å². The van der Waals surface area contributed by atoms with Gasteiger partial charge in [-0.2, -0.15) is 0 Å². The highest BCUT2D eigenvalue weighted by atomic mass is 19.4. The highest BCUT2D eigenvalue weighted by Crippen LogP contribution is 2.58. The van der Waals surface area contributed by atoms with Gasteiger partial charge in [0.1, 0.15) is 5.75 Å². The van der Waals surface area contributed by atoms with E-state index in [9.17, 15) is 32.7 Å². The summed E-state index contributed by atoms with van der Waals surface area (Å²) in [6.07, 6.45) is -1.67. The topological polar surface area (TPSA) is 119 Å². The molecule has 2 aromatic carbocycles. The first kappa shape index (κ1) is 31.1. The van der Waals surface area contributed by atoms with Gasteiger partial charge in [0.05, 0.1) is 12.1 Å². The number of carbonyl (C=O) groups excluding carboxylic acids is 2. The molecule has 1 saturated heterocycles. The molecule has 1 heterocycles. The summed E-state index contributed by atoms with van der Waals surface area (Å²) in [5.74, 6) is -1.57. The highest BCUT2D eigenvalue weighted by Gasteiger charge is 2.63. The van der Waals surface area contributed by atoms with Crippen molar-refractivity contribution in [1.82, 2.24) is 10.2 Å². The van der Waals surface area contributed by atoms with Crippen LogP contribution in [0.1, 0.15) is 61.9 Å². The number of urea groups is 1. The second kappa shape index (κ2) is 12.6. The monoisotopic (exact) mass is 591 g/mol. The summed E-state index contributed by atoms with van der Waals surface area (Å²) in [4.78, 5) is 40.6. The zero-order valence-electron chi connectivity index (χ0n) is 23.6. The minimum atomic E-state index is -4.81. The third-order valence-electron chi connectivity index (χ3n) is 8.25. The number of anilines is 1. The number of rotatable bonds is 12. The standard InChI is InChI=1S/C30H36F3N3O6/c1-3-4-5-19(2)24-16-29(24)14-15-35(22-10-12-23(13-11-22)42-30(31,32)33)28(41)36(29)18-20-6-8-21(9-7-20)26(38)34-17-25(37)27(39)40/h6-13,19,24-25,37H,3-5,14-18H2,1-2H3,(H,34,38)(H,39,40). The number of nitrogens with one attached hydrogen (secondary N) is 1. The Kier molecular flexibility index (Phi) is 9.34. The van der Waals surface area contributed by atoms with E-state index in [1.54, 1.807) is 29.2 Å². The van der Waals surface area contributed by atoms with Gasteiger partial charge in [0.2, 0.25) is 0 Å². The van der Waals surface area contributed by atoms with Crippen molar-refractivity contribution in [3.05, 3.63) is 59.7 Å². The summed E-state index contributed by atoms with van der Waals surface area (Å²) in [6, 6.07) is 11.6. The summed E-state index contributed by atoms with van der Waals surface area (Å²) < 4.78 is 41.8. The molecule has 0 radical (unpaired) electrons. The summed E-state index contributed by atoms with van der Waals surface area (Å²) in [6.45, 7) is 4.65. The lowest BCUT2D eigenvalue weighted by molar-refractivity contribution is -0.274. The summed E-state index contributed by atoms with van der Waals surface area (Å²) in [5, 5.41) is 20.5. The van der Waals surface area contributed by atoms with E-state index in [4.69, 9.17) is 5.11 Å². The number of amides is 3. The van der Waals surface area contributed by atoms with Crippen LogP contribution < -0.4 is 15.0 Å². The van der Waals surface area contributed by atoms with Crippen LogP contribution in [-0.2, 0) is 11.3 Å².